The molecule has 22 heavy (non-hydrogen) atoms. The number of carbonyl (C=O) groups excluding carboxylic acids is 1. The van der Waals surface area contributed by atoms with Gasteiger partial charge in [0, 0.05) is 30.1 Å². The maximum absolute atomic E-state index is 11.6. The molecule has 2 aromatic rings. The SMILES string of the molecule is N#Cc1cc(NCCCC(=O)NC2CC2)c2ccccc2n1. The van der Waals surface area contributed by atoms with Crippen LogP contribution < -0.4 is 10.6 Å². The highest BCUT2D eigenvalue weighted by Crippen LogP contribution is 2.23. The number of hydrogen-bond acceptors (Lipinski definition) is 4. The largest absolute Gasteiger partial charge is 0.384 e. The maximum Gasteiger partial charge on any atom is 0.220 e. The van der Waals surface area contributed by atoms with Gasteiger partial charge in [-0.1, -0.05) is 18.2 Å². The third-order valence-corrected chi connectivity index (χ3v) is 3.67. The van der Waals surface area contributed by atoms with Crippen molar-refractivity contribution in [3.63, 3.8) is 0 Å². The van der Waals surface area contributed by atoms with E-state index in [0.717, 1.165) is 35.9 Å². The van der Waals surface area contributed by atoms with E-state index >= 15 is 0 Å². The zero-order chi connectivity index (χ0) is 15.4. The molecule has 1 aliphatic carbocycles. The fourth-order valence-corrected chi connectivity index (χ4v) is 2.38. The Bertz CT molecular complexity index is 731. The molecule has 3 rings (SSSR count). The summed E-state index contributed by atoms with van der Waals surface area (Å²) in [6, 6.07) is 12.0. The average Bonchev–Trinajstić information content (AvgIpc) is 3.35. The van der Waals surface area contributed by atoms with E-state index in [2.05, 4.69) is 21.7 Å². The van der Waals surface area contributed by atoms with Crippen LogP contribution in [0.15, 0.2) is 30.3 Å². The standard InChI is InChI=1S/C17H18N4O/c18-11-13-10-16(14-4-1-2-5-15(14)20-13)19-9-3-6-17(22)21-12-7-8-12/h1-2,4-5,10,12H,3,6-9H2,(H,19,20)(H,21,22). The van der Waals surface area contributed by atoms with Crippen molar-refractivity contribution in [3.8, 4) is 6.07 Å². The minimum absolute atomic E-state index is 0.126. The van der Waals surface area contributed by atoms with Crippen molar-refractivity contribution in [2.45, 2.75) is 31.7 Å². The molecule has 0 spiro atoms. The lowest BCUT2D eigenvalue weighted by atomic mass is 10.1. The number of nitriles is 1. The Morgan fingerprint density at radius 3 is 2.95 bits per heavy atom. The molecule has 5 nitrogen and oxygen atoms in total. The fourth-order valence-electron chi connectivity index (χ4n) is 2.38. The number of nitrogens with one attached hydrogen (secondary N) is 2. The van der Waals surface area contributed by atoms with Gasteiger partial charge in [0.15, 0.2) is 0 Å². The van der Waals surface area contributed by atoms with Crippen LogP contribution in [-0.2, 0) is 4.79 Å². The van der Waals surface area contributed by atoms with Gasteiger partial charge < -0.3 is 10.6 Å². The molecule has 2 N–H and O–H groups in total. The third kappa shape index (κ3) is 3.53. The zero-order valence-corrected chi connectivity index (χ0v) is 12.3. The van der Waals surface area contributed by atoms with E-state index in [-0.39, 0.29) is 5.91 Å². The van der Waals surface area contributed by atoms with Gasteiger partial charge in [0.1, 0.15) is 11.8 Å². The van der Waals surface area contributed by atoms with Crippen molar-refractivity contribution in [1.29, 1.82) is 5.26 Å². The Morgan fingerprint density at radius 2 is 2.18 bits per heavy atom. The second-order valence-corrected chi connectivity index (χ2v) is 5.56. The molecule has 0 saturated heterocycles. The van der Waals surface area contributed by atoms with Crippen LogP contribution in [0.4, 0.5) is 5.69 Å². The van der Waals surface area contributed by atoms with Crippen LogP contribution in [0.25, 0.3) is 10.9 Å². The van der Waals surface area contributed by atoms with Crippen molar-refractivity contribution in [3.05, 3.63) is 36.0 Å². The minimum atomic E-state index is 0.126. The zero-order valence-electron chi connectivity index (χ0n) is 12.3. The van der Waals surface area contributed by atoms with Gasteiger partial charge in [-0.25, -0.2) is 4.98 Å². The summed E-state index contributed by atoms with van der Waals surface area (Å²) in [5.74, 6) is 0.126. The number of pyridine rings is 1. The van der Waals surface area contributed by atoms with Crippen molar-refractivity contribution < 1.29 is 4.79 Å². The van der Waals surface area contributed by atoms with E-state index in [4.69, 9.17) is 5.26 Å². The monoisotopic (exact) mass is 294 g/mol. The van der Waals surface area contributed by atoms with Crippen LogP contribution >= 0.6 is 0 Å². The Morgan fingerprint density at radius 1 is 1.36 bits per heavy atom. The van der Waals surface area contributed by atoms with E-state index in [1.165, 1.54) is 0 Å². The summed E-state index contributed by atoms with van der Waals surface area (Å²) in [7, 11) is 0. The van der Waals surface area contributed by atoms with E-state index in [1.54, 1.807) is 6.07 Å². The van der Waals surface area contributed by atoms with Gasteiger partial charge in [-0.05, 0) is 31.4 Å². The highest BCUT2D eigenvalue weighted by molar-refractivity contribution is 5.91. The quantitative estimate of drug-likeness (QED) is 0.803. The summed E-state index contributed by atoms with van der Waals surface area (Å²) in [6.07, 6.45) is 3.52. The summed E-state index contributed by atoms with van der Waals surface area (Å²) in [5, 5.41) is 16.3. The summed E-state index contributed by atoms with van der Waals surface area (Å²) in [4.78, 5) is 15.9. The fraction of sp³-hybridized carbons (Fsp3) is 0.353. The van der Waals surface area contributed by atoms with Crippen LogP contribution in [0.3, 0.4) is 0 Å². The molecule has 1 amide bonds. The molecular weight excluding hydrogens is 276 g/mol. The Labute approximate surface area is 129 Å². The van der Waals surface area contributed by atoms with Crippen molar-refractivity contribution in [2.75, 3.05) is 11.9 Å². The predicted octanol–water partition coefficient (Wildman–Crippen LogP) is 2.58. The topological polar surface area (TPSA) is 77.8 Å². The van der Waals surface area contributed by atoms with Gasteiger partial charge in [0.05, 0.1) is 5.52 Å². The lowest BCUT2D eigenvalue weighted by Crippen LogP contribution is -2.25. The van der Waals surface area contributed by atoms with E-state index in [9.17, 15) is 4.79 Å². The molecule has 5 heteroatoms. The Hall–Kier alpha value is -2.61. The molecule has 0 atom stereocenters. The van der Waals surface area contributed by atoms with Gasteiger partial charge >= 0.3 is 0 Å². The number of fused-ring (bicyclic) bond motifs is 1. The van der Waals surface area contributed by atoms with Gasteiger partial charge in [-0.15, -0.1) is 0 Å². The molecule has 0 aliphatic heterocycles. The minimum Gasteiger partial charge on any atom is -0.384 e. The molecular formula is C17H18N4O. The first kappa shape index (κ1) is 14.3. The highest BCUT2D eigenvalue weighted by Gasteiger charge is 2.22. The normalized spacial score (nSPS) is 13.6. The molecule has 0 radical (unpaired) electrons. The van der Waals surface area contributed by atoms with Crippen molar-refractivity contribution in [1.82, 2.24) is 10.3 Å². The summed E-state index contributed by atoms with van der Waals surface area (Å²) >= 11 is 0. The number of rotatable bonds is 6. The number of hydrogen-bond donors (Lipinski definition) is 2. The molecule has 0 bridgehead atoms. The number of amides is 1. The number of benzene rings is 1. The molecule has 112 valence electrons. The van der Waals surface area contributed by atoms with Crippen LogP contribution in [-0.4, -0.2) is 23.5 Å². The van der Waals surface area contributed by atoms with Gasteiger partial charge in [0.25, 0.3) is 0 Å². The molecule has 0 unspecified atom stereocenters. The average molecular weight is 294 g/mol. The highest BCUT2D eigenvalue weighted by atomic mass is 16.1. The predicted molar refractivity (Wildman–Crippen MR) is 85.3 cm³/mol. The maximum atomic E-state index is 11.6. The Kier molecular flexibility index (Phi) is 4.19. The smallest absolute Gasteiger partial charge is 0.220 e. The first-order valence-corrected chi connectivity index (χ1v) is 7.59. The first-order chi connectivity index (χ1) is 10.8. The second-order valence-electron chi connectivity index (χ2n) is 5.56. The van der Waals surface area contributed by atoms with Crippen LogP contribution in [0, 0.1) is 11.3 Å². The van der Waals surface area contributed by atoms with Crippen LogP contribution in [0.5, 0.6) is 0 Å². The number of anilines is 1. The molecule has 1 heterocycles. The van der Waals surface area contributed by atoms with E-state index in [1.807, 2.05) is 24.3 Å². The molecule has 1 aromatic heterocycles. The van der Waals surface area contributed by atoms with Crippen LogP contribution in [0.1, 0.15) is 31.4 Å². The van der Waals surface area contributed by atoms with E-state index < -0.39 is 0 Å². The first-order valence-electron chi connectivity index (χ1n) is 7.59. The molecule has 1 fully saturated rings. The molecule has 1 saturated carbocycles. The number of nitrogens with zero attached hydrogens (tertiary/aromatic N) is 2. The number of aromatic nitrogens is 1. The summed E-state index contributed by atoms with van der Waals surface area (Å²) in [5.41, 5.74) is 2.09. The molecule has 1 aliphatic rings. The van der Waals surface area contributed by atoms with E-state index in [0.29, 0.717) is 24.7 Å². The van der Waals surface area contributed by atoms with Gasteiger partial charge in [-0.2, -0.15) is 5.26 Å². The van der Waals surface area contributed by atoms with Crippen molar-refractivity contribution in [2.24, 2.45) is 0 Å². The summed E-state index contributed by atoms with van der Waals surface area (Å²) in [6.45, 7) is 0.691. The van der Waals surface area contributed by atoms with Crippen molar-refractivity contribution >= 4 is 22.5 Å². The lowest BCUT2D eigenvalue weighted by Gasteiger charge is -2.10. The number of para-hydroxylation sites is 1. The Balaban J connectivity index is 1.60. The lowest BCUT2D eigenvalue weighted by molar-refractivity contribution is -0.121. The second kappa shape index (κ2) is 6.44. The summed E-state index contributed by atoms with van der Waals surface area (Å²) < 4.78 is 0. The third-order valence-electron chi connectivity index (χ3n) is 3.67. The molecule has 1 aromatic carbocycles. The van der Waals surface area contributed by atoms with Gasteiger partial charge in [-0.3, -0.25) is 4.79 Å². The number of carbonyl (C=O) groups is 1. The van der Waals surface area contributed by atoms with Gasteiger partial charge in [0.2, 0.25) is 5.91 Å². The van der Waals surface area contributed by atoms with Crippen LogP contribution in [0.2, 0.25) is 0 Å².